The van der Waals surface area contributed by atoms with Crippen molar-refractivity contribution >= 4 is 33.0 Å². The lowest BCUT2D eigenvalue weighted by atomic mass is 10.1. The van der Waals surface area contributed by atoms with Gasteiger partial charge in [0.25, 0.3) is 5.91 Å². The van der Waals surface area contributed by atoms with Crippen molar-refractivity contribution < 1.29 is 17.9 Å². The van der Waals surface area contributed by atoms with Gasteiger partial charge in [-0.1, -0.05) is 0 Å². The van der Waals surface area contributed by atoms with Gasteiger partial charge < -0.3 is 15.0 Å². The van der Waals surface area contributed by atoms with Gasteiger partial charge in [0, 0.05) is 36.1 Å². The Morgan fingerprint density at radius 1 is 1.10 bits per heavy atom. The summed E-state index contributed by atoms with van der Waals surface area (Å²) in [5.74, 6) is -0.211. The third-order valence-corrected chi connectivity index (χ3v) is 6.62. The molecule has 1 atom stereocenters. The summed E-state index contributed by atoms with van der Waals surface area (Å²) in [5, 5.41) is 2.92. The fraction of sp³-hybridized carbons (Fsp3) is 0.381. The Hall–Kier alpha value is -2.58. The molecule has 2 aromatic carbocycles. The first-order chi connectivity index (χ1) is 13.8. The molecule has 1 saturated heterocycles. The van der Waals surface area contributed by atoms with Crippen molar-refractivity contribution in [2.24, 2.45) is 0 Å². The average molecular weight is 416 g/mol. The van der Waals surface area contributed by atoms with E-state index in [1.807, 2.05) is 31.2 Å². The van der Waals surface area contributed by atoms with E-state index in [-0.39, 0.29) is 11.9 Å². The lowest BCUT2D eigenvalue weighted by molar-refractivity contribution is 0.102. The van der Waals surface area contributed by atoms with Crippen LogP contribution in [0.1, 0.15) is 22.8 Å². The van der Waals surface area contributed by atoms with Crippen LogP contribution in [0.3, 0.4) is 0 Å². The van der Waals surface area contributed by atoms with E-state index in [0.29, 0.717) is 17.7 Å². The van der Waals surface area contributed by atoms with Crippen molar-refractivity contribution in [3.05, 3.63) is 53.6 Å². The van der Waals surface area contributed by atoms with Gasteiger partial charge in [-0.2, -0.15) is 0 Å². The van der Waals surface area contributed by atoms with Crippen LogP contribution in [-0.2, 0) is 21.2 Å². The highest BCUT2D eigenvalue weighted by Crippen LogP contribution is 2.34. The van der Waals surface area contributed by atoms with Gasteiger partial charge in [-0.3, -0.25) is 9.10 Å². The number of hydrogen-bond acceptors (Lipinski definition) is 5. The second-order valence-corrected chi connectivity index (χ2v) is 9.42. The molecule has 1 N–H and O–H groups in total. The molecule has 8 heteroatoms. The zero-order chi connectivity index (χ0) is 20.6. The molecule has 0 unspecified atom stereocenters. The first-order valence-corrected chi connectivity index (χ1v) is 11.5. The number of nitrogens with one attached hydrogen (secondary N) is 1. The van der Waals surface area contributed by atoms with E-state index in [0.717, 1.165) is 43.2 Å². The van der Waals surface area contributed by atoms with Crippen LogP contribution in [-0.4, -0.2) is 52.9 Å². The molecule has 29 heavy (non-hydrogen) atoms. The van der Waals surface area contributed by atoms with Crippen molar-refractivity contribution in [3.8, 4) is 0 Å². The van der Waals surface area contributed by atoms with Gasteiger partial charge in [-0.05, 0) is 61.4 Å². The second kappa shape index (κ2) is 7.68. The van der Waals surface area contributed by atoms with Crippen LogP contribution in [0.2, 0.25) is 0 Å². The number of carbonyl (C=O) groups excluding carboxylic acids is 1. The summed E-state index contributed by atoms with van der Waals surface area (Å²) in [6.07, 6.45) is 1.80. The lowest BCUT2D eigenvalue weighted by Crippen LogP contribution is -2.36. The van der Waals surface area contributed by atoms with Gasteiger partial charge in [0.1, 0.15) is 0 Å². The van der Waals surface area contributed by atoms with Crippen LogP contribution in [0.4, 0.5) is 17.1 Å². The fourth-order valence-electron chi connectivity index (χ4n) is 4.03. The van der Waals surface area contributed by atoms with Gasteiger partial charge in [0.05, 0.1) is 25.2 Å². The number of nitrogens with zero attached hydrogens (tertiary/aromatic N) is 2. The van der Waals surface area contributed by atoms with E-state index in [1.54, 1.807) is 18.2 Å². The number of amides is 1. The maximum Gasteiger partial charge on any atom is 0.255 e. The van der Waals surface area contributed by atoms with Gasteiger partial charge in [0.15, 0.2) is 0 Å². The van der Waals surface area contributed by atoms with Crippen molar-refractivity contribution in [2.75, 3.05) is 47.1 Å². The van der Waals surface area contributed by atoms with E-state index in [4.69, 9.17) is 4.74 Å². The summed E-state index contributed by atoms with van der Waals surface area (Å²) in [7, 11) is -3.34. The van der Waals surface area contributed by atoms with E-state index in [1.165, 1.54) is 10.6 Å². The molecule has 0 radical (unpaired) electrons. The minimum Gasteiger partial charge on any atom is -0.378 e. The molecule has 0 aromatic heterocycles. The Morgan fingerprint density at radius 2 is 1.79 bits per heavy atom. The minimum absolute atomic E-state index is 0.147. The third-order valence-electron chi connectivity index (χ3n) is 5.35. The number of rotatable bonds is 4. The van der Waals surface area contributed by atoms with Crippen LogP contribution in [0.15, 0.2) is 42.5 Å². The van der Waals surface area contributed by atoms with E-state index in [9.17, 15) is 13.2 Å². The molecule has 154 valence electrons. The molecule has 0 aliphatic carbocycles. The molecule has 2 aliphatic rings. The molecule has 2 heterocycles. The molecular formula is C21H25N3O4S. The standard InChI is InChI=1S/C21H25N3O4S/c1-15-13-17-14-16(3-8-20(17)24(15)29(2,26)27)21(25)22-18-4-6-19(7-5-18)23-9-11-28-12-10-23/h3-8,14-15H,9-13H2,1-2H3,(H,22,25)/t15-/m0/s1. The maximum atomic E-state index is 12.7. The van der Waals surface area contributed by atoms with Gasteiger partial charge >= 0.3 is 0 Å². The molecule has 1 amide bonds. The first-order valence-electron chi connectivity index (χ1n) is 9.69. The Balaban J connectivity index is 1.47. The lowest BCUT2D eigenvalue weighted by Gasteiger charge is -2.28. The summed E-state index contributed by atoms with van der Waals surface area (Å²) in [6.45, 7) is 5.06. The van der Waals surface area contributed by atoms with Crippen LogP contribution >= 0.6 is 0 Å². The Bertz CT molecular complexity index is 1010. The SMILES string of the molecule is C[C@H]1Cc2cc(C(=O)Nc3ccc(N4CCOCC4)cc3)ccc2N1S(C)(=O)=O. The molecule has 0 bridgehead atoms. The predicted octanol–water partition coefficient (Wildman–Crippen LogP) is 2.49. The van der Waals surface area contributed by atoms with Crippen LogP contribution < -0.4 is 14.5 Å². The molecule has 2 aromatic rings. The average Bonchev–Trinajstić information content (AvgIpc) is 3.04. The zero-order valence-electron chi connectivity index (χ0n) is 16.6. The number of benzene rings is 2. The number of carbonyl (C=O) groups is 1. The number of morpholine rings is 1. The van der Waals surface area contributed by atoms with E-state index in [2.05, 4.69) is 10.2 Å². The normalized spacial score (nSPS) is 19.2. The van der Waals surface area contributed by atoms with Crippen LogP contribution in [0, 0.1) is 0 Å². The Morgan fingerprint density at radius 3 is 2.45 bits per heavy atom. The summed E-state index contributed by atoms with van der Waals surface area (Å²) in [5.41, 5.74) is 3.88. The van der Waals surface area contributed by atoms with Crippen molar-refractivity contribution in [2.45, 2.75) is 19.4 Å². The molecule has 0 saturated carbocycles. The molecule has 2 aliphatic heterocycles. The molecule has 1 fully saturated rings. The second-order valence-electron chi connectivity index (χ2n) is 7.56. The van der Waals surface area contributed by atoms with Gasteiger partial charge in [-0.25, -0.2) is 8.42 Å². The zero-order valence-corrected chi connectivity index (χ0v) is 17.4. The van der Waals surface area contributed by atoms with Crippen molar-refractivity contribution in [1.82, 2.24) is 0 Å². The first kappa shape index (κ1) is 19.7. The fourth-order valence-corrected chi connectivity index (χ4v) is 5.29. The van der Waals surface area contributed by atoms with Gasteiger partial charge in [-0.15, -0.1) is 0 Å². The highest BCUT2D eigenvalue weighted by molar-refractivity contribution is 7.92. The minimum atomic E-state index is -3.34. The summed E-state index contributed by atoms with van der Waals surface area (Å²) >= 11 is 0. The van der Waals surface area contributed by atoms with Crippen molar-refractivity contribution in [3.63, 3.8) is 0 Å². The van der Waals surface area contributed by atoms with Crippen LogP contribution in [0.25, 0.3) is 0 Å². The largest absolute Gasteiger partial charge is 0.378 e. The number of ether oxygens (including phenoxy) is 1. The summed E-state index contributed by atoms with van der Waals surface area (Å²) < 4.78 is 30.9. The number of sulfonamides is 1. The third kappa shape index (κ3) is 4.09. The molecule has 4 rings (SSSR count). The number of hydrogen-bond donors (Lipinski definition) is 1. The van der Waals surface area contributed by atoms with Crippen LogP contribution in [0.5, 0.6) is 0 Å². The Labute approximate surface area is 171 Å². The molecular weight excluding hydrogens is 390 g/mol. The summed E-state index contributed by atoms with van der Waals surface area (Å²) in [6, 6.07) is 12.8. The topological polar surface area (TPSA) is 79.0 Å². The molecule has 7 nitrogen and oxygen atoms in total. The maximum absolute atomic E-state index is 12.7. The number of anilines is 3. The quantitative estimate of drug-likeness (QED) is 0.830. The van der Waals surface area contributed by atoms with Crippen molar-refractivity contribution in [1.29, 1.82) is 0 Å². The summed E-state index contributed by atoms with van der Waals surface area (Å²) in [4.78, 5) is 14.9. The number of fused-ring (bicyclic) bond motifs is 1. The predicted molar refractivity (Wildman–Crippen MR) is 114 cm³/mol. The van der Waals surface area contributed by atoms with Gasteiger partial charge in [0.2, 0.25) is 10.0 Å². The van der Waals surface area contributed by atoms with E-state index < -0.39 is 10.0 Å². The monoisotopic (exact) mass is 415 g/mol. The van der Waals surface area contributed by atoms with E-state index >= 15 is 0 Å². The highest BCUT2D eigenvalue weighted by Gasteiger charge is 2.32. The highest BCUT2D eigenvalue weighted by atomic mass is 32.2. The molecule has 0 spiro atoms. The Kier molecular flexibility index (Phi) is 5.23. The smallest absolute Gasteiger partial charge is 0.255 e.